The van der Waals surface area contributed by atoms with Crippen LogP contribution in [0.2, 0.25) is 10.0 Å². The maximum Gasteiger partial charge on any atom is 0.243 e. The summed E-state index contributed by atoms with van der Waals surface area (Å²) in [5, 5.41) is 4.08. The Morgan fingerprint density at radius 3 is 2.19 bits per heavy atom. The van der Waals surface area contributed by atoms with Gasteiger partial charge in [-0.2, -0.15) is 0 Å². The van der Waals surface area contributed by atoms with Gasteiger partial charge in [-0.25, -0.2) is 0 Å². The lowest BCUT2D eigenvalue weighted by molar-refractivity contribution is -0.139. The Morgan fingerprint density at radius 2 is 1.58 bits per heavy atom. The van der Waals surface area contributed by atoms with Crippen LogP contribution in [0.3, 0.4) is 0 Å². The summed E-state index contributed by atoms with van der Waals surface area (Å²) in [6.45, 7) is 4.20. The van der Waals surface area contributed by atoms with Crippen molar-refractivity contribution in [3.05, 3.63) is 106 Å². The second-order valence-electron chi connectivity index (χ2n) is 8.76. The molecule has 0 radical (unpaired) electrons. The van der Waals surface area contributed by atoms with Gasteiger partial charge in [0.25, 0.3) is 0 Å². The zero-order chi connectivity index (χ0) is 25.9. The molecule has 0 unspecified atom stereocenters. The Morgan fingerprint density at radius 1 is 0.944 bits per heavy atom. The molecule has 0 aliphatic rings. The number of nitrogens with zero attached hydrogens (tertiary/aromatic N) is 1. The van der Waals surface area contributed by atoms with Crippen LogP contribution in [0.5, 0.6) is 0 Å². The highest BCUT2D eigenvalue weighted by Gasteiger charge is 2.31. The maximum atomic E-state index is 13.7. The minimum Gasteiger partial charge on any atom is -0.352 e. The molecule has 0 aliphatic carbocycles. The first-order chi connectivity index (χ1) is 17.4. The summed E-state index contributed by atoms with van der Waals surface area (Å²) in [6.07, 6.45) is 1.21. The monoisotopic (exact) mass is 542 g/mol. The molecule has 190 valence electrons. The summed E-state index contributed by atoms with van der Waals surface area (Å²) in [7, 11) is 0. The second-order valence-corrected chi connectivity index (χ2v) is 10.6. The van der Waals surface area contributed by atoms with E-state index in [1.807, 2.05) is 80.6 Å². The molecule has 3 aromatic rings. The van der Waals surface area contributed by atoms with Crippen molar-refractivity contribution in [2.24, 2.45) is 0 Å². The van der Waals surface area contributed by atoms with Crippen LogP contribution < -0.4 is 5.32 Å². The summed E-state index contributed by atoms with van der Waals surface area (Å²) in [5.41, 5.74) is 2.88. The minimum atomic E-state index is -0.682. The van der Waals surface area contributed by atoms with Gasteiger partial charge in [-0.1, -0.05) is 96.9 Å². The van der Waals surface area contributed by atoms with E-state index in [1.165, 1.54) is 11.8 Å². The number of amides is 2. The van der Waals surface area contributed by atoms with Gasteiger partial charge in [0, 0.05) is 34.8 Å². The van der Waals surface area contributed by atoms with E-state index in [0.29, 0.717) is 22.2 Å². The van der Waals surface area contributed by atoms with E-state index in [1.54, 1.807) is 17.0 Å². The lowest BCUT2D eigenvalue weighted by atomic mass is 10.0. The standard InChI is InChI=1S/C29H32Cl2N2O2S/c1-3-21(2)32-29(35)27(16-22-10-6-4-7-11-22)33(18-24-14-15-25(30)17-26(24)31)28(34)20-36-19-23-12-8-5-9-13-23/h4-15,17,21,27H,3,16,18-20H2,1-2H3,(H,32,35)/t21-,27+/m0/s1. The third kappa shape index (κ3) is 8.58. The molecule has 0 bridgehead atoms. The molecule has 3 rings (SSSR count). The Bertz CT molecular complexity index is 1130. The number of benzene rings is 3. The van der Waals surface area contributed by atoms with Crippen molar-refractivity contribution in [2.75, 3.05) is 5.75 Å². The Kier molecular flexibility index (Phi) is 11.2. The third-order valence-corrected chi connectivity index (χ3v) is 7.54. The largest absolute Gasteiger partial charge is 0.352 e. The summed E-state index contributed by atoms with van der Waals surface area (Å²) in [4.78, 5) is 28.8. The molecule has 0 heterocycles. The van der Waals surface area contributed by atoms with Gasteiger partial charge in [-0.15, -0.1) is 11.8 Å². The number of halogens is 2. The predicted octanol–water partition coefficient (Wildman–Crippen LogP) is 6.78. The van der Waals surface area contributed by atoms with Gasteiger partial charge in [0.15, 0.2) is 0 Å². The molecule has 36 heavy (non-hydrogen) atoms. The molecule has 0 fully saturated rings. The molecule has 3 aromatic carbocycles. The van der Waals surface area contributed by atoms with Crippen LogP contribution in [0.4, 0.5) is 0 Å². The number of rotatable bonds is 12. The molecule has 7 heteroatoms. The van der Waals surface area contributed by atoms with E-state index in [2.05, 4.69) is 5.32 Å². The Hall–Kier alpha value is -2.47. The van der Waals surface area contributed by atoms with Crippen LogP contribution in [0.1, 0.15) is 37.0 Å². The maximum absolute atomic E-state index is 13.7. The highest BCUT2D eigenvalue weighted by molar-refractivity contribution is 7.99. The van der Waals surface area contributed by atoms with Crippen molar-refractivity contribution in [2.45, 2.75) is 51.1 Å². The number of hydrogen-bond acceptors (Lipinski definition) is 3. The summed E-state index contributed by atoms with van der Waals surface area (Å²) < 4.78 is 0. The van der Waals surface area contributed by atoms with Gasteiger partial charge in [0.2, 0.25) is 11.8 Å². The molecular weight excluding hydrogens is 511 g/mol. The second kappa shape index (κ2) is 14.3. The van der Waals surface area contributed by atoms with Crippen molar-refractivity contribution in [1.29, 1.82) is 0 Å². The molecule has 0 spiro atoms. The number of hydrogen-bond donors (Lipinski definition) is 1. The molecule has 2 amide bonds. The molecule has 0 aromatic heterocycles. The topological polar surface area (TPSA) is 49.4 Å². The van der Waals surface area contributed by atoms with Gasteiger partial charge in [-0.3, -0.25) is 9.59 Å². The lowest BCUT2D eigenvalue weighted by Gasteiger charge is -2.32. The third-order valence-electron chi connectivity index (χ3n) is 5.97. The number of thioether (sulfide) groups is 1. The molecule has 0 aliphatic heterocycles. The van der Waals surface area contributed by atoms with Crippen LogP contribution >= 0.6 is 35.0 Å². The molecule has 1 N–H and O–H groups in total. The fourth-order valence-electron chi connectivity index (χ4n) is 3.74. The molecule has 2 atom stereocenters. The number of carbonyl (C=O) groups excluding carboxylic acids is 2. The van der Waals surface area contributed by atoms with Crippen LogP contribution in [0.25, 0.3) is 0 Å². The van der Waals surface area contributed by atoms with Crippen molar-refractivity contribution in [3.63, 3.8) is 0 Å². The number of carbonyl (C=O) groups is 2. The molecule has 0 saturated heterocycles. The quantitative estimate of drug-likeness (QED) is 0.274. The van der Waals surface area contributed by atoms with Gasteiger partial charge < -0.3 is 10.2 Å². The highest BCUT2D eigenvalue weighted by Crippen LogP contribution is 2.25. The van der Waals surface area contributed by atoms with Crippen LogP contribution in [0, 0.1) is 0 Å². The van der Waals surface area contributed by atoms with Gasteiger partial charge in [0.05, 0.1) is 5.75 Å². The van der Waals surface area contributed by atoms with Crippen LogP contribution in [-0.2, 0) is 28.3 Å². The average Bonchev–Trinajstić information content (AvgIpc) is 2.88. The summed E-state index contributed by atoms with van der Waals surface area (Å²) in [6, 6.07) is 24.4. The van der Waals surface area contributed by atoms with Gasteiger partial charge in [0.1, 0.15) is 6.04 Å². The average molecular weight is 544 g/mol. The zero-order valence-corrected chi connectivity index (χ0v) is 23.0. The van der Waals surface area contributed by atoms with Gasteiger partial charge >= 0.3 is 0 Å². The van der Waals surface area contributed by atoms with E-state index in [-0.39, 0.29) is 30.2 Å². The first-order valence-corrected chi connectivity index (χ1v) is 14.0. The van der Waals surface area contributed by atoms with E-state index < -0.39 is 6.04 Å². The van der Waals surface area contributed by atoms with E-state index in [0.717, 1.165) is 23.1 Å². The Balaban J connectivity index is 1.89. The van der Waals surface area contributed by atoms with Gasteiger partial charge in [-0.05, 0) is 42.2 Å². The molecule has 4 nitrogen and oxygen atoms in total. The molecular formula is C29H32Cl2N2O2S. The van der Waals surface area contributed by atoms with E-state index in [9.17, 15) is 9.59 Å². The minimum absolute atomic E-state index is 0.000647. The lowest BCUT2D eigenvalue weighted by Crippen LogP contribution is -2.52. The van der Waals surface area contributed by atoms with Crippen molar-refractivity contribution in [1.82, 2.24) is 10.2 Å². The van der Waals surface area contributed by atoms with Crippen molar-refractivity contribution in [3.8, 4) is 0 Å². The first kappa shape index (κ1) is 28.1. The summed E-state index contributed by atoms with van der Waals surface area (Å²) >= 11 is 14.1. The SMILES string of the molecule is CC[C@H](C)NC(=O)[C@@H](Cc1ccccc1)N(Cc1ccc(Cl)cc1Cl)C(=O)CSCc1ccccc1. The normalized spacial score (nSPS) is 12.6. The Labute approximate surface area is 228 Å². The fraction of sp³-hybridized carbons (Fsp3) is 0.310. The zero-order valence-electron chi connectivity index (χ0n) is 20.6. The van der Waals surface area contributed by atoms with E-state index in [4.69, 9.17) is 23.2 Å². The fourth-order valence-corrected chi connectivity index (χ4v) is 5.08. The highest BCUT2D eigenvalue weighted by atomic mass is 35.5. The van der Waals surface area contributed by atoms with E-state index >= 15 is 0 Å². The van der Waals surface area contributed by atoms with Crippen LogP contribution in [0.15, 0.2) is 78.9 Å². The molecule has 0 saturated carbocycles. The van der Waals surface area contributed by atoms with Crippen molar-refractivity contribution < 1.29 is 9.59 Å². The van der Waals surface area contributed by atoms with Crippen LogP contribution in [-0.4, -0.2) is 34.6 Å². The first-order valence-electron chi connectivity index (χ1n) is 12.1. The number of nitrogens with one attached hydrogen (secondary N) is 1. The summed E-state index contributed by atoms with van der Waals surface area (Å²) in [5.74, 6) is 0.689. The smallest absolute Gasteiger partial charge is 0.243 e. The predicted molar refractivity (Wildman–Crippen MR) is 151 cm³/mol. The van der Waals surface area contributed by atoms with Crippen molar-refractivity contribution >= 4 is 46.8 Å².